The van der Waals surface area contributed by atoms with Gasteiger partial charge in [-0.2, -0.15) is 5.26 Å². The van der Waals surface area contributed by atoms with E-state index in [0.717, 1.165) is 5.56 Å². The summed E-state index contributed by atoms with van der Waals surface area (Å²) in [6.45, 7) is 0.526. The van der Waals surface area contributed by atoms with E-state index in [0.29, 0.717) is 29.8 Å². The highest BCUT2D eigenvalue weighted by atomic mass is 32.2. The highest BCUT2D eigenvalue weighted by Crippen LogP contribution is 2.24. The molecule has 0 saturated carbocycles. The zero-order valence-corrected chi connectivity index (χ0v) is 14.2. The van der Waals surface area contributed by atoms with Gasteiger partial charge >= 0.3 is 5.97 Å². The summed E-state index contributed by atoms with van der Waals surface area (Å²) in [5.41, 5.74) is 2.13. The summed E-state index contributed by atoms with van der Waals surface area (Å²) in [4.78, 5) is 12.1. The summed E-state index contributed by atoms with van der Waals surface area (Å²) >= 11 is 0. The van der Waals surface area contributed by atoms with E-state index in [-0.39, 0.29) is 12.4 Å². The van der Waals surface area contributed by atoms with Crippen molar-refractivity contribution in [2.75, 3.05) is 16.6 Å². The zero-order chi connectivity index (χ0) is 17.9. The van der Waals surface area contributed by atoms with Gasteiger partial charge in [0.1, 0.15) is 6.61 Å². The fourth-order valence-electron chi connectivity index (χ4n) is 2.66. The van der Waals surface area contributed by atoms with Crippen molar-refractivity contribution in [1.29, 1.82) is 5.26 Å². The minimum absolute atomic E-state index is 0.0661. The topological polar surface area (TPSA) is 87.5 Å². The third kappa shape index (κ3) is 3.80. The number of benzene rings is 2. The standard InChI is InChI=1S/C18H16N2O4S/c19-12-14-3-1-4-15(11-14)13-24-18(21)16-5-7-17(8-6-16)20-9-2-10-25(20,22)23/h1,3-8,11H,2,9-10,13H2. The number of esters is 1. The van der Waals surface area contributed by atoms with E-state index in [1.807, 2.05) is 6.07 Å². The third-order valence-electron chi connectivity index (χ3n) is 3.92. The van der Waals surface area contributed by atoms with Crippen LogP contribution in [0.2, 0.25) is 0 Å². The zero-order valence-electron chi connectivity index (χ0n) is 13.4. The molecular weight excluding hydrogens is 340 g/mol. The number of carbonyl (C=O) groups is 1. The Kier molecular flexibility index (Phi) is 4.72. The van der Waals surface area contributed by atoms with Gasteiger partial charge < -0.3 is 4.74 Å². The number of nitrogens with zero attached hydrogens (tertiary/aromatic N) is 2. The SMILES string of the molecule is N#Cc1cccc(COC(=O)c2ccc(N3CCCS3(=O)=O)cc2)c1. The van der Waals surface area contributed by atoms with Gasteiger partial charge in [0.15, 0.2) is 0 Å². The van der Waals surface area contributed by atoms with Gasteiger partial charge in [-0.15, -0.1) is 0 Å². The Balaban J connectivity index is 1.66. The van der Waals surface area contributed by atoms with Crippen LogP contribution in [0, 0.1) is 11.3 Å². The molecule has 2 aromatic carbocycles. The van der Waals surface area contributed by atoms with Crippen molar-refractivity contribution in [3.63, 3.8) is 0 Å². The Labute approximate surface area is 146 Å². The Morgan fingerprint density at radius 3 is 2.60 bits per heavy atom. The first-order chi connectivity index (χ1) is 12.0. The number of sulfonamides is 1. The van der Waals surface area contributed by atoms with Crippen LogP contribution in [-0.2, 0) is 21.4 Å². The first kappa shape index (κ1) is 17.0. The van der Waals surface area contributed by atoms with Crippen LogP contribution < -0.4 is 4.31 Å². The molecule has 0 aromatic heterocycles. The van der Waals surface area contributed by atoms with Crippen molar-refractivity contribution in [1.82, 2.24) is 0 Å². The van der Waals surface area contributed by atoms with Gasteiger partial charge in [0.2, 0.25) is 10.0 Å². The first-order valence-electron chi connectivity index (χ1n) is 7.76. The van der Waals surface area contributed by atoms with E-state index in [1.165, 1.54) is 4.31 Å². The van der Waals surface area contributed by atoms with Gasteiger partial charge in [-0.05, 0) is 48.4 Å². The van der Waals surface area contributed by atoms with E-state index >= 15 is 0 Å². The molecule has 1 aliphatic heterocycles. The molecule has 1 heterocycles. The molecule has 25 heavy (non-hydrogen) atoms. The first-order valence-corrected chi connectivity index (χ1v) is 9.37. The van der Waals surface area contributed by atoms with Gasteiger partial charge in [-0.3, -0.25) is 4.31 Å². The molecule has 1 aliphatic rings. The van der Waals surface area contributed by atoms with Crippen molar-refractivity contribution in [3.8, 4) is 6.07 Å². The summed E-state index contributed by atoms with van der Waals surface area (Å²) in [5, 5.41) is 8.87. The minimum Gasteiger partial charge on any atom is -0.457 e. The lowest BCUT2D eigenvalue weighted by molar-refractivity contribution is 0.0472. The number of nitriles is 1. The predicted molar refractivity (Wildman–Crippen MR) is 92.5 cm³/mol. The molecule has 0 amide bonds. The molecule has 0 spiro atoms. The van der Waals surface area contributed by atoms with E-state index in [4.69, 9.17) is 10.00 Å². The summed E-state index contributed by atoms with van der Waals surface area (Å²) < 4.78 is 30.4. The van der Waals surface area contributed by atoms with Crippen LogP contribution in [0.5, 0.6) is 0 Å². The van der Waals surface area contributed by atoms with Gasteiger partial charge in [0.25, 0.3) is 0 Å². The van der Waals surface area contributed by atoms with Gasteiger partial charge in [-0.25, -0.2) is 13.2 Å². The quantitative estimate of drug-likeness (QED) is 0.785. The van der Waals surface area contributed by atoms with Crippen molar-refractivity contribution >= 4 is 21.7 Å². The highest BCUT2D eigenvalue weighted by Gasteiger charge is 2.28. The number of anilines is 1. The lowest BCUT2D eigenvalue weighted by Crippen LogP contribution is -2.25. The predicted octanol–water partition coefficient (Wildman–Crippen LogP) is 2.46. The van der Waals surface area contributed by atoms with Gasteiger partial charge in [0, 0.05) is 6.54 Å². The Hall–Kier alpha value is -2.85. The minimum atomic E-state index is -3.24. The second-order valence-corrected chi connectivity index (χ2v) is 7.69. The molecule has 128 valence electrons. The number of ether oxygens (including phenoxy) is 1. The van der Waals surface area contributed by atoms with Gasteiger partial charge in [-0.1, -0.05) is 12.1 Å². The molecule has 0 bridgehead atoms. The molecule has 3 rings (SSSR count). The maximum Gasteiger partial charge on any atom is 0.338 e. The molecule has 7 heteroatoms. The Morgan fingerprint density at radius 2 is 1.96 bits per heavy atom. The van der Waals surface area contributed by atoms with E-state index in [2.05, 4.69) is 0 Å². The van der Waals surface area contributed by atoms with Crippen LogP contribution in [0.25, 0.3) is 0 Å². The van der Waals surface area contributed by atoms with Crippen LogP contribution in [0.4, 0.5) is 5.69 Å². The molecular formula is C18H16N2O4S. The average molecular weight is 356 g/mol. The van der Waals surface area contributed by atoms with Crippen molar-refractivity contribution < 1.29 is 17.9 Å². The smallest absolute Gasteiger partial charge is 0.338 e. The molecule has 0 aliphatic carbocycles. The van der Waals surface area contributed by atoms with Gasteiger partial charge in [0.05, 0.1) is 28.6 Å². The average Bonchev–Trinajstić information content (AvgIpc) is 2.99. The molecule has 1 fully saturated rings. The van der Waals surface area contributed by atoms with Crippen molar-refractivity contribution in [3.05, 3.63) is 65.2 Å². The van der Waals surface area contributed by atoms with Crippen molar-refractivity contribution in [2.24, 2.45) is 0 Å². The van der Waals surface area contributed by atoms with Crippen LogP contribution in [0.1, 0.15) is 27.9 Å². The van der Waals surface area contributed by atoms with Crippen LogP contribution in [-0.4, -0.2) is 26.7 Å². The Morgan fingerprint density at radius 1 is 1.20 bits per heavy atom. The van der Waals surface area contributed by atoms with E-state index in [1.54, 1.807) is 48.5 Å². The lowest BCUT2D eigenvalue weighted by Gasteiger charge is -2.16. The fraction of sp³-hybridized carbons (Fsp3) is 0.222. The molecule has 0 atom stereocenters. The number of rotatable bonds is 4. The fourth-order valence-corrected chi connectivity index (χ4v) is 4.22. The number of hydrogen-bond acceptors (Lipinski definition) is 5. The molecule has 0 unspecified atom stereocenters. The second kappa shape index (κ2) is 6.95. The second-order valence-electron chi connectivity index (χ2n) is 5.68. The number of hydrogen-bond donors (Lipinski definition) is 0. The Bertz CT molecular complexity index is 930. The van der Waals surface area contributed by atoms with Crippen LogP contribution >= 0.6 is 0 Å². The molecule has 6 nitrogen and oxygen atoms in total. The van der Waals surface area contributed by atoms with E-state index in [9.17, 15) is 13.2 Å². The molecule has 0 radical (unpaired) electrons. The molecule has 1 saturated heterocycles. The van der Waals surface area contributed by atoms with Crippen LogP contribution in [0.15, 0.2) is 48.5 Å². The normalized spacial score (nSPS) is 15.6. The largest absolute Gasteiger partial charge is 0.457 e. The highest BCUT2D eigenvalue weighted by molar-refractivity contribution is 7.93. The summed E-state index contributed by atoms with van der Waals surface area (Å²) in [5.74, 6) is -0.350. The summed E-state index contributed by atoms with van der Waals surface area (Å²) in [6, 6.07) is 15.2. The number of carbonyl (C=O) groups excluding carboxylic acids is 1. The summed E-state index contributed by atoms with van der Waals surface area (Å²) in [7, 11) is -3.24. The third-order valence-corrected chi connectivity index (χ3v) is 5.79. The van der Waals surface area contributed by atoms with E-state index < -0.39 is 16.0 Å². The summed E-state index contributed by atoms with van der Waals surface area (Å²) in [6.07, 6.45) is 0.605. The van der Waals surface area contributed by atoms with Crippen molar-refractivity contribution in [2.45, 2.75) is 13.0 Å². The monoisotopic (exact) mass is 356 g/mol. The molecule has 0 N–H and O–H groups in total. The molecule has 2 aromatic rings. The maximum absolute atomic E-state index is 12.1. The lowest BCUT2D eigenvalue weighted by atomic mass is 10.1. The van der Waals surface area contributed by atoms with Crippen LogP contribution in [0.3, 0.4) is 0 Å². The maximum atomic E-state index is 12.1.